The van der Waals surface area contributed by atoms with E-state index in [0.29, 0.717) is 31.7 Å². The van der Waals surface area contributed by atoms with Gasteiger partial charge >= 0.3 is 0 Å². The Hall–Kier alpha value is -2.25. The summed E-state index contributed by atoms with van der Waals surface area (Å²) in [5.41, 5.74) is 1.71. The van der Waals surface area contributed by atoms with E-state index in [1.807, 2.05) is 30.3 Å². The van der Waals surface area contributed by atoms with Crippen LogP contribution in [0.25, 0.3) is 0 Å². The molecule has 5 nitrogen and oxygen atoms in total. The Balaban J connectivity index is 1.63. The first-order valence-corrected chi connectivity index (χ1v) is 14.4. The fourth-order valence-electron chi connectivity index (χ4n) is 4.57. The van der Waals surface area contributed by atoms with E-state index in [2.05, 4.69) is 21.2 Å². The van der Waals surface area contributed by atoms with Crippen LogP contribution < -0.4 is 10.1 Å². The Morgan fingerprint density at radius 1 is 0.947 bits per heavy atom. The van der Waals surface area contributed by atoms with Gasteiger partial charge in [0.05, 0.1) is 14.5 Å². The van der Waals surface area contributed by atoms with Gasteiger partial charge in [0.2, 0.25) is 5.91 Å². The number of nitrogens with zero attached hydrogens (tertiary/aromatic N) is 1. The number of hydrogen-bond acceptors (Lipinski definition) is 3. The van der Waals surface area contributed by atoms with Crippen LogP contribution in [0.15, 0.2) is 71.2 Å². The molecule has 1 N–H and O–H groups in total. The molecular formula is C29H28BrCl3N2O3. The second kappa shape index (κ2) is 13.7. The van der Waals surface area contributed by atoms with Crippen LogP contribution in [0.3, 0.4) is 0 Å². The summed E-state index contributed by atoms with van der Waals surface area (Å²) in [5.74, 6) is -0.0329. The van der Waals surface area contributed by atoms with Gasteiger partial charge in [-0.25, -0.2) is 0 Å². The Morgan fingerprint density at radius 3 is 2.37 bits per heavy atom. The van der Waals surface area contributed by atoms with Crippen LogP contribution in [0.4, 0.5) is 0 Å². The summed E-state index contributed by atoms with van der Waals surface area (Å²) in [6.07, 6.45) is 4.42. The number of rotatable bonds is 10. The Labute approximate surface area is 246 Å². The molecule has 1 aliphatic rings. The fraction of sp³-hybridized carbons (Fsp3) is 0.310. The van der Waals surface area contributed by atoms with Crippen LogP contribution in [-0.4, -0.2) is 35.4 Å². The molecule has 3 aromatic carbocycles. The van der Waals surface area contributed by atoms with Gasteiger partial charge in [0.25, 0.3) is 5.91 Å². The van der Waals surface area contributed by atoms with Crippen molar-refractivity contribution in [2.24, 2.45) is 0 Å². The van der Waals surface area contributed by atoms with Crippen molar-refractivity contribution in [1.29, 1.82) is 0 Å². The minimum absolute atomic E-state index is 0.115. The van der Waals surface area contributed by atoms with E-state index in [4.69, 9.17) is 39.5 Å². The lowest BCUT2D eigenvalue weighted by Gasteiger charge is -2.32. The number of hydrogen-bond donors (Lipinski definition) is 1. The number of carbonyl (C=O) groups excluding carboxylic acids is 2. The zero-order valence-corrected chi connectivity index (χ0v) is 24.5. The molecule has 0 radical (unpaired) electrons. The van der Waals surface area contributed by atoms with E-state index in [1.54, 1.807) is 41.3 Å². The topological polar surface area (TPSA) is 58.6 Å². The lowest BCUT2D eigenvalue weighted by atomic mass is 10.0. The first-order valence-electron chi connectivity index (χ1n) is 12.5. The maximum atomic E-state index is 13.7. The SMILES string of the molecule is O=C(NC1CCCC1)[C@H](Cc1ccccc1)N(Cc1ccc(Cl)c(Cl)c1)C(=O)COc1ccc(Cl)cc1Br. The molecule has 2 amide bonds. The molecule has 0 unspecified atom stereocenters. The van der Waals surface area contributed by atoms with E-state index < -0.39 is 6.04 Å². The first kappa shape index (κ1) is 28.8. The third kappa shape index (κ3) is 7.89. The van der Waals surface area contributed by atoms with Gasteiger partial charge in [-0.1, -0.05) is 84.0 Å². The van der Waals surface area contributed by atoms with Gasteiger partial charge in [0.1, 0.15) is 11.8 Å². The highest BCUT2D eigenvalue weighted by molar-refractivity contribution is 9.10. The van der Waals surface area contributed by atoms with Gasteiger partial charge in [0.15, 0.2) is 6.61 Å². The molecule has 1 saturated carbocycles. The third-order valence-corrected chi connectivity index (χ3v) is 8.15. The average molecular weight is 639 g/mol. The van der Waals surface area contributed by atoms with E-state index >= 15 is 0 Å². The summed E-state index contributed by atoms with van der Waals surface area (Å²) in [6.45, 7) is -0.0972. The van der Waals surface area contributed by atoms with Crippen LogP contribution >= 0.6 is 50.7 Å². The first-order chi connectivity index (χ1) is 18.3. The highest BCUT2D eigenvalue weighted by Gasteiger charge is 2.32. The van der Waals surface area contributed by atoms with Crippen molar-refractivity contribution in [2.75, 3.05) is 6.61 Å². The molecule has 0 bridgehead atoms. The quantitative estimate of drug-likeness (QED) is 0.251. The van der Waals surface area contributed by atoms with E-state index in [9.17, 15) is 9.59 Å². The maximum Gasteiger partial charge on any atom is 0.261 e. The van der Waals surface area contributed by atoms with Crippen molar-refractivity contribution in [3.8, 4) is 5.75 Å². The molecule has 1 atom stereocenters. The van der Waals surface area contributed by atoms with Crippen molar-refractivity contribution in [1.82, 2.24) is 10.2 Å². The van der Waals surface area contributed by atoms with Crippen LogP contribution in [0, 0.1) is 0 Å². The standard InChI is InChI=1S/C29H28BrCl3N2O3/c30-23-16-21(31)11-13-27(23)38-18-28(36)35(17-20-10-12-24(32)25(33)14-20)26(15-19-6-2-1-3-7-19)29(37)34-22-8-4-5-9-22/h1-3,6-7,10-14,16,22,26H,4-5,8-9,15,17-18H2,(H,34,37)/t26-/m0/s1. The molecule has 0 spiro atoms. The molecule has 0 aliphatic heterocycles. The van der Waals surface area contributed by atoms with Crippen LogP contribution in [0.1, 0.15) is 36.8 Å². The molecule has 0 heterocycles. The van der Waals surface area contributed by atoms with E-state index in [-0.39, 0.29) is 31.0 Å². The highest BCUT2D eigenvalue weighted by atomic mass is 79.9. The number of nitrogens with one attached hydrogen (secondary N) is 1. The number of amides is 2. The molecule has 9 heteroatoms. The minimum atomic E-state index is -0.753. The van der Waals surface area contributed by atoms with Gasteiger partial charge in [-0.3, -0.25) is 9.59 Å². The summed E-state index contributed by atoms with van der Waals surface area (Å²) < 4.78 is 6.49. The molecule has 1 fully saturated rings. The molecule has 1 aliphatic carbocycles. The van der Waals surface area contributed by atoms with Crippen LogP contribution in [0.2, 0.25) is 15.1 Å². The second-order valence-corrected chi connectivity index (χ2v) is 11.4. The summed E-state index contributed by atoms with van der Waals surface area (Å²) in [5, 5.41) is 4.53. The maximum absolute atomic E-state index is 13.7. The second-order valence-electron chi connectivity index (χ2n) is 9.33. The molecule has 0 saturated heterocycles. The van der Waals surface area contributed by atoms with Crippen molar-refractivity contribution < 1.29 is 14.3 Å². The monoisotopic (exact) mass is 636 g/mol. The lowest BCUT2D eigenvalue weighted by Crippen LogP contribution is -2.53. The number of halogens is 4. The number of ether oxygens (including phenoxy) is 1. The summed E-state index contributed by atoms with van der Waals surface area (Å²) in [6, 6.07) is 19.3. The highest BCUT2D eigenvalue weighted by Crippen LogP contribution is 2.29. The third-order valence-electron chi connectivity index (χ3n) is 6.55. The molecule has 200 valence electrons. The van der Waals surface area contributed by atoms with Crippen molar-refractivity contribution in [3.63, 3.8) is 0 Å². The molecule has 0 aromatic heterocycles. The Bertz CT molecular complexity index is 1270. The fourth-order valence-corrected chi connectivity index (χ4v) is 5.69. The van der Waals surface area contributed by atoms with Gasteiger partial charge in [-0.15, -0.1) is 0 Å². The van der Waals surface area contributed by atoms with Crippen molar-refractivity contribution >= 4 is 62.5 Å². The smallest absolute Gasteiger partial charge is 0.261 e. The number of carbonyl (C=O) groups is 2. The number of benzene rings is 3. The lowest BCUT2D eigenvalue weighted by molar-refractivity contribution is -0.143. The molecule has 3 aromatic rings. The summed E-state index contributed by atoms with van der Waals surface area (Å²) in [7, 11) is 0. The predicted molar refractivity (Wildman–Crippen MR) is 156 cm³/mol. The van der Waals surface area contributed by atoms with Gasteiger partial charge in [-0.05, 0) is 70.2 Å². The van der Waals surface area contributed by atoms with Crippen molar-refractivity contribution in [3.05, 3.63) is 97.4 Å². The van der Waals surface area contributed by atoms with Crippen LogP contribution in [0.5, 0.6) is 5.75 Å². The van der Waals surface area contributed by atoms with E-state index in [1.165, 1.54) is 0 Å². The van der Waals surface area contributed by atoms with Crippen molar-refractivity contribution in [2.45, 2.75) is 50.7 Å². The Kier molecular flexibility index (Phi) is 10.4. The Morgan fingerprint density at radius 2 is 1.68 bits per heavy atom. The summed E-state index contributed by atoms with van der Waals surface area (Å²) in [4.78, 5) is 29.0. The summed E-state index contributed by atoms with van der Waals surface area (Å²) >= 11 is 21.9. The van der Waals surface area contributed by atoms with Gasteiger partial charge < -0.3 is 15.0 Å². The molecule has 4 rings (SSSR count). The zero-order valence-electron chi connectivity index (χ0n) is 20.6. The molecular weight excluding hydrogens is 611 g/mol. The predicted octanol–water partition coefficient (Wildman–Crippen LogP) is 7.49. The largest absolute Gasteiger partial charge is 0.483 e. The van der Waals surface area contributed by atoms with Crippen LogP contribution in [-0.2, 0) is 22.6 Å². The molecule has 38 heavy (non-hydrogen) atoms. The van der Waals surface area contributed by atoms with E-state index in [0.717, 1.165) is 36.8 Å². The zero-order chi connectivity index (χ0) is 27.1. The van der Waals surface area contributed by atoms with Gasteiger partial charge in [0, 0.05) is 24.0 Å². The normalized spacial score (nSPS) is 14.2. The van der Waals surface area contributed by atoms with Gasteiger partial charge in [-0.2, -0.15) is 0 Å². The average Bonchev–Trinajstić information content (AvgIpc) is 3.41. The minimum Gasteiger partial charge on any atom is -0.483 e.